The molecular formula is C66H144Si16. The molecule has 3 aliphatic heterocycles. The molecule has 3 fully saturated rings. The molecule has 3 aliphatic rings. The molecule has 0 spiro atoms. The predicted molar refractivity (Wildman–Crippen MR) is 431 cm³/mol. The van der Waals surface area contributed by atoms with Gasteiger partial charge in [0, 0.05) is 113 Å². The maximum Gasteiger partial charge on any atom is 0.0928 e. The third-order valence-electron chi connectivity index (χ3n) is 23.9. The first-order valence-electron chi connectivity index (χ1n) is 33.7. The highest BCUT2D eigenvalue weighted by atomic mass is 29.3. The molecule has 472 valence electrons. The summed E-state index contributed by atoms with van der Waals surface area (Å²) in [6, 6.07) is 16.2. The SMILES string of the molecule is C[C@]12C[Si@@]1(c1c(C([Si](C)(C)C)[Si](C)(C)C)cc(C([Si](C)(C)C)([Si](C)(C)C)[Si](C)(C)C)cc1C([Si](C)(C)C)[Si](C)(C)C)[Si@]1(c3c(C([Si](C)(C)C)[Si](C)(C)C)cc(C([Si](C)(C)C)([Si](C)(C)C)[Si](C)(C)C)cc3C([Si](C)(C)C)[Si](C)(C)C)C[C@]21C. The maximum absolute atomic E-state index is 3.26. The summed E-state index contributed by atoms with van der Waals surface area (Å²) in [5, 5.41) is 8.38. The van der Waals surface area contributed by atoms with E-state index in [1.165, 1.54) is 0 Å². The van der Waals surface area contributed by atoms with Crippen LogP contribution >= 0.6 is 0 Å². The Hall–Kier alpha value is 1.91. The van der Waals surface area contributed by atoms with Gasteiger partial charge in [0.05, 0.1) is 15.2 Å². The fourth-order valence-corrected chi connectivity index (χ4v) is 170. The van der Waals surface area contributed by atoms with E-state index in [4.69, 9.17) is 0 Å². The number of rotatable bonds is 22. The quantitative estimate of drug-likeness (QED) is 0.103. The van der Waals surface area contributed by atoms with Gasteiger partial charge in [0.15, 0.2) is 0 Å². The van der Waals surface area contributed by atoms with E-state index >= 15 is 0 Å². The molecule has 3 heterocycles. The molecule has 0 radical (unpaired) electrons. The predicted octanol–water partition coefficient (Wildman–Crippen LogP) is 22.4. The van der Waals surface area contributed by atoms with Crippen LogP contribution in [0.1, 0.15) is 67.9 Å². The Balaban J connectivity index is 2.42. The Kier molecular flexibility index (Phi) is 18.8. The van der Waals surface area contributed by atoms with Crippen molar-refractivity contribution in [1.29, 1.82) is 0 Å². The third-order valence-corrected chi connectivity index (χ3v) is 125. The Bertz CT molecular complexity index is 2330. The van der Waals surface area contributed by atoms with Crippen molar-refractivity contribution in [3.8, 4) is 0 Å². The van der Waals surface area contributed by atoms with Crippen molar-refractivity contribution in [3.63, 3.8) is 0 Å². The van der Waals surface area contributed by atoms with Crippen LogP contribution in [0.25, 0.3) is 0 Å². The Morgan fingerprint density at radius 2 is 0.402 bits per heavy atom. The van der Waals surface area contributed by atoms with Gasteiger partial charge in [0.25, 0.3) is 0 Å². The minimum atomic E-state index is -2.29. The Morgan fingerprint density at radius 1 is 0.268 bits per heavy atom. The van der Waals surface area contributed by atoms with Crippen LogP contribution in [0.2, 0.25) is 297 Å². The maximum atomic E-state index is 3.26. The first-order valence-corrected chi connectivity index (χ1v) is 88.7. The topological polar surface area (TPSA) is 0 Å². The van der Waals surface area contributed by atoms with Crippen LogP contribution in [-0.4, -0.2) is 128 Å². The zero-order valence-corrected chi connectivity index (χ0v) is 80.0. The van der Waals surface area contributed by atoms with Crippen LogP contribution in [-0.2, 0) is 8.57 Å². The summed E-state index contributed by atoms with van der Waals surface area (Å²) in [4.78, 5) is 0. The normalized spacial score (nSPS) is 24.4. The van der Waals surface area contributed by atoms with Crippen molar-refractivity contribution in [2.75, 3.05) is 0 Å². The summed E-state index contributed by atoms with van der Waals surface area (Å²) in [7, 11) is -30.2. The molecule has 2 aromatic rings. The molecule has 4 atom stereocenters. The molecule has 0 nitrogen and oxygen atoms in total. The Labute approximate surface area is 531 Å². The number of benzene rings is 2. The van der Waals surface area contributed by atoms with E-state index in [1.807, 2.05) is 11.1 Å². The van der Waals surface area contributed by atoms with E-state index in [1.54, 1.807) is 12.1 Å². The minimum absolute atomic E-state index is 0.340. The molecule has 2 aromatic carbocycles. The van der Waals surface area contributed by atoms with Gasteiger partial charge in [-0.25, -0.2) is 0 Å². The third kappa shape index (κ3) is 11.1. The molecule has 0 saturated carbocycles. The smallest absolute Gasteiger partial charge is 0.0693 e. The largest absolute Gasteiger partial charge is 0.0928 e. The van der Waals surface area contributed by atoms with E-state index < -0.39 is 128 Å². The molecule has 0 aliphatic carbocycles. The number of hydrogen-bond donors (Lipinski definition) is 0. The fourth-order valence-electron chi connectivity index (χ4n) is 26.6. The summed E-state index contributed by atoms with van der Waals surface area (Å²) >= 11 is 0. The van der Waals surface area contributed by atoms with Gasteiger partial charge in [-0.3, -0.25) is 0 Å². The molecule has 0 bridgehead atoms. The highest BCUT2D eigenvalue weighted by molar-refractivity contribution is 7.67. The second-order valence-electron chi connectivity index (χ2n) is 44.5. The van der Waals surface area contributed by atoms with Crippen molar-refractivity contribution in [2.24, 2.45) is 0 Å². The highest BCUT2D eigenvalue weighted by Crippen LogP contribution is 3.02. The van der Waals surface area contributed by atoms with Crippen LogP contribution in [0.3, 0.4) is 0 Å². The van der Waals surface area contributed by atoms with Crippen molar-refractivity contribution in [3.05, 3.63) is 57.6 Å². The minimum Gasteiger partial charge on any atom is -0.0693 e. The molecule has 16 heteroatoms. The molecule has 0 aromatic heterocycles. The summed E-state index contributed by atoms with van der Waals surface area (Å²) < 4.78 is 0.679. The molecular weight excluding hydrogens is 1240 g/mol. The summed E-state index contributed by atoms with van der Waals surface area (Å²) in [6.45, 7) is 127. The summed E-state index contributed by atoms with van der Waals surface area (Å²) in [5.41, 5.74) is 12.1. The number of fused-ring (bicyclic) bond motifs is 4. The van der Waals surface area contributed by atoms with Gasteiger partial charge in [-0.2, -0.15) is 0 Å². The lowest BCUT2D eigenvalue weighted by molar-refractivity contribution is 0.606. The zero-order chi connectivity index (χ0) is 65.2. The van der Waals surface area contributed by atoms with E-state index in [0.717, 1.165) is 20.7 Å². The Morgan fingerprint density at radius 3 is 0.500 bits per heavy atom. The van der Waals surface area contributed by atoms with Gasteiger partial charge in [-0.05, 0) is 50.4 Å². The average molecular weight is 1390 g/mol. The molecule has 82 heavy (non-hydrogen) atoms. The zero-order valence-electron chi connectivity index (χ0n) is 64.0. The number of hydrogen-bond acceptors (Lipinski definition) is 0. The first-order chi connectivity index (χ1) is 35.3. The van der Waals surface area contributed by atoms with E-state index in [9.17, 15) is 0 Å². The van der Waals surface area contributed by atoms with Crippen LogP contribution in [0.4, 0.5) is 0 Å². The molecule has 0 amide bonds. The van der Waals surface area contributed by atoms with Gasteiger partial charge in [-0.15, -0.1) is 0 Å². The lowest BCUT2D eigenvalue weighted by Crippen LogP contribution is -2.76. The molecule has 0 unspecified atom stereocenters. The summed E-state index contributed by atoms with van der Waals surface area (Å²) in [6.07, 6.45) is 0. The molecule has 0 N–H and O–H groups in total. The molecule has 5 rings (SSSR count). The van der Waals surface area contributed by atoms with Gasteiger partial charge in [0.2, 0.25) is 0 Å². The van der Waals surface area contributed by atoms with Crippen LogP contribution in [0, 0.1) is 0 Å². The standard InChI is InChI=1S/C66H144Si16/c1-63-49-81(63,57-53(59(67(3,4)5)68(6,7)8)45-51(46-54(57)60(69(9,10)11)70(12,13)14)65(75(27,28)29,76(30,31)32)77(33,34)35)82(50-64(63,82)2)58-55(61(71(15,16)17)72(18,19)20)47-52(48-56(58)62(73(21,22)23)74(24,25)26)66(78(36,37)38,79(39,40)41)80(42,43)44/h45-48,59-62H,49-50H2,1-44H3/t63-,64-,81+,82+/m1/s1. The lowest BCUT2D eigenvalue weighted by Gasteiger charge is -2.61. The van der Waals surface area contributed by atoms with E-state index in [-0.39, 0.29) is 0 Å². The van der Waals surface area contributed by atoms with Crippen LogP contribution < -0.4 is 10.4 Å². The van der Waals surface area contributed by atoms with Gasteiger partial charge >= 0.3 is 0 Å². The monoisotopic (exact) mass is 1380 g/mol. The highest BCUT2D eigenvalue weighted by Gasteiger charge is 3.05. The summed E-state index contributed by atoms with van der Waals surface area (Å²) in [5.74, 6) is 0. The van der Waals surface area contributed by atoms with E-state index in [0.29, 0.717) is 18.6 Å². The first kappa shape index (κ1) is 74.6. The van der Waals surface area contributed by atoms with Crippen molar-refractivity contribution < 1.29 is 0 Å². The van der Waals surface area contributed by atoms with Crippen molar-refractivity contribution >= 4 is 139 Å². The van der Waals surface area contributed by atoms with Gasteiger partial charge in [0.1, 0.15) is 0 Å². The van der Waals surface area contributed by atoms with E-state index in [2.05, 4.69) is 346 Å². The van der Waals surface area contributed by atoms with Crippen LogP contribution in [0.15, 0.2) is 24.3 Å². The van der Waals surface area contributed by atoms with Crippen molar-refractivity contribution in [1.82, 2.24) is 0 Å². The molecule has 3 saturated heterocycles. The second kappa shape index (κ2) is 20.7. The van der Waals surface area contributed by atoms with Gasteiger partial charge < -0.3 is 0 Å². The van der Waals surface area contributed by atoms with Gasteiger partial charge in [-0.1, -0.05) is 358 Å². The second-order valence-corrected chi connectivity index (χ2v) is 136. The lowest BCUT2D eigenvalue weighted by atomic mass is 10.0. The fraction of sp³-hybridized carbons (Fsp3) is 0.818. The van der Waals surface area contributed by atoms with Crippen LogP contribution in [0.5, 0.6) is 0 Å². The average Bonchev–Trinajstić information content (AvgIpc) is 3.91. The van der Waals surface area contributed by atoms with Crippen molar-refractivity contribution in [2.45, 2.75) is 340 Å².